The number of rotatable bonds is 9. The maximum absolute atomic E-state index is 9.12. The standard InChI is InChI=1S/C20H25ClN4O2/c1-3-25(11-12-26)10-4-9-22-19-15-6-5-14(21)13-17(15)23-16-7-8-18(27-2)24-20(16)19/h5-8,13,26H,3-4,9-12H2,1-2H3,(H,22,23). The molecule has 0 saturated heterocycles. The molecule has 0 fully saturated rings. The Morgan fingerprint density at radius 2 is 2.00 bits per heavy atom. The van der Waals surface area contributed by atoms with Crippen molar-refractivity contribution >= 4 is 39.2 Å². The van der Waals surface area contributed by atoms with Crippen LogP contribution in [0.25, 0.3) is 21.9 Å². The van der Waals surface area contributed by atoms with Crippen LogP contribution in [-0.4, -0.2) is 59.9 Å². The van der Waals surface area contributed by atoms with Crippen LogP contribution >= 0.6 is 11.6 Å². The normalized spacial score (nSPS) is 11.4. The molecule has 3 rings (SSSR count). The van der Waals surface area contributed by atoms with Gasteiger partial charge in [-0.15, -0.1) is 0 Å². The van der Waals surface area contributed by atoms with E-state index in [9.17, 15) is 0 Å². The molecule has 0 aliphatic carbocycles. The summed E-state index contributed by atoms with van der Waals surface area (Å²) in [6, 6.07) is 9.42. The molecule has 7 heteroatoms. The summed E-state index contributed by atoms with van der Waals surface area (Å²) in [4.78, 5) is 11.5. The predicted octanol–water partition coefficient (Wildman–Crippen LogP) is 3.56. The largest absolute Gasteiger partial charge is 0.481 e. The number of nitrogens with one attached hydrogen (secondary N) is 1. The van der Waals surface area contributed by atoms with Gasteiger partial charge in [-0.25, -0.2) is 9.97 Å². The summed E-state index contributed by atoms with van der Waals surface area (Å²) in [5, 5.41) is 14.3. The van der Waals surface area contributed by atoms with E-state index in [1.807, 2.05) is 30.3 Å². The number of methoxy groups -OCH3 is 1. The molecule has 0 unspecified atom stereocenters. The van der Waals surface area contributed by atoms with E-state index in [0.717, 1.165) is 53.7 Å². The highest BCUT2D eigenvalue weighted by Crippen LogP contribution is 2.32. The van der Waals surface area contributed by atoms with Crippen molar-refractivity contribution in [2.75, 3.05) is 45.2 Å². The molecule has 3 aromatic rings. The average Bonchev–Trinajstić information content (AvgIpc) is 2.68. The minimum Gasteiger partial charge on any atom is -0.481 e. The first-order valence-corrected chi connectivity index (χ1v) is 9.55. The Bertz CT molecular complexity index is 919. The second-order valence-corrected chi connectivity index (χ2v) is 6.74. The molecule has 0 radical (unpaired) electrons. The first-order chi connectivity index (χ1) is 13.2. The SMILES string of the molecule is CCN(CCO)CCCNc1c2ccc(Cl)cc2nc2ccc(OC)nc12. The lowest BCUT2D eigenvalue weighted by molar-refractivity contribution is 0.202. The van der Waals surface area contributed by atoms with Gasteiger partial charge in [-0.3, -0.25) is 0 Å². The number of aromatic nitrogens is 2. The molecule has 144 valence electrons. The van der Waals surface area contributed by atoms with Gasteiger partial charge in [0.2, 0.25) is 5.88 Å². The van der Waals surface area contributed by atoms with Gasteiger partial charge in [-0.05, 0) is 43.8 Å². The Labute approximate surface area is 164 Å². The number of fused-ring (bicyclic) bond motifs is 2. The second-order valence-electron chi connectivity index (χ2n) is 6.31. The number of hydrogen-bond acceptors (Lipinski definition) is 6. The molecular weight excluding hydrogens is 364 g/mol. The third-order valence-corrected chi connectivity index (χ3v) is 4.82. The van der Waals surface area contributed by atoms with E-state index in [1.54, 1.807) is 7.11 Å². The minimum atomic E-state index is 0.186. The highest BCUT2D eigenvalue weighted by Gasteiger charge is 2.12. The molecule has 6 nitrogen and oxygen atoms in total. The first-order valence-electron chi connectivity index (χ1n) is 9.17. The third-order valence-electron chi connectivity index (χ3n) is 4.58. The van der Waals surface area contributed by atoms with E-state index in [2.05, 4.69) is 22.1 Å². The fourth-order valence-corrected chi connectivity index (χ4v) is 3.32. The summed E-state index contributed by atoms with van der Waals surface area (Å²) in [5.74, 6) is 0.556. The Hall–Kier alpha value is -2.15. The molecule has 0 amide bonds. The monoisotopic (exact) mass is 388 g/mol. The van der Waals surface area contributed by atoms with Crippen LogP contribution < -0.4 is 10.1 Å². The van der Waals surface area contributed by atoms with E-state index in [0.29, 0.717) is 17.4 Å². The van der Waals surface area contributed by atoms with E-state index in [4.69, 9.17) is 26.4 Å². The fourth-order valence-electron chi connectivity index (χ4n) is 3.15. The Kier molecular flexibility index (Phi) is 6.66. The number of halogens is 1. The van der Waals surface area contributed by atoms with E-state index in [1.165, 1.54) is 0 Å². The van der Waals surface area contributed by atoms with Gasteiger partial charge >= 0.3 is 0 Å². The van der Waals surface area contributed by atoms with Gasteiger partial charge in [-0.1, -0.05) is 18.5 Å². The number of benzene rings is 1. The number of anilines is 1. The summed E-state index contributed by atoms with van der Waals surface area (Å²) in [7, 11) is 1.61. The molecule has 2 aromatic heterocycles. The van der Waals surface area contributed by atoms with Crippen molar-refractivity contribution in [3.05, 3.63) is 35.4 Å². The molecule has 27 heavy (non-hydrogen) atoms. The van der Waals surface area contributed by atoms with Crippen LogP contribution in [0.2, 0.25) is 5.02 Å². The zero-order chi connectivity index (χ0) is 19.2. The molecule has 0 aliphatic rings. The Balaban J connectivity index is 1.90. The van der Waals surface area contributed by atoms with Gasteiger partial charge in [0.25, 0.3) is 0 Å². The molecule has 0 spiro atoms. The van der Waals surface area contributed by atoms with Crippen molar-refractivity contribution in [1.29, 1.82) is 0 Å². The number of aliphatic hydroxyl groups excluding tert-OH is 1. The van der Waals surface area contributed by atoms with E-state index < -0.39 is 0 Å². The number of nitrogens with zero attached hydrogens (tertiary/aromatic N) is 3. The van der Waals surface area contributed by atoms with Gasteiger partial charge in [0.05, 0.1) is 30.4 Å². The van der Waals surface area contributed by atoms with Gasteiger partial charge in [-0.2, -0.15) is 0 Å². The van der Waals surface area contributed by atoms with Crippen molar-refractivity contribution in [3.63, 3.8) is 0 Å². The van der Waals surface area contributed by atoms with Crippen LogP contribution in [0.5, 0.6) is 5.88 Å². The zero-order valence-electron chi connectivity index (χ0n) is 15.7. The van der Waals surface area contributed by atoms with Crippen LogP contribution in [0, 0.1) is 0 Å². The number of hydrogen-bond donors (Lipinski definition) is 2. The van der Waals surface area contributed by atoms with Crippen molar-refractivity contribution in [3.8, 4) is 5.88 Å². The van der Waals surface area contributed by atoms with Gasteiger partial charge in [0.1, 0.15) is 5.52 Å². The molecule has 0 aliphatic heterocycles. The molecule has 2 N–H and O–H groups in total. The minimum absolute atomic E-state index is 0.186. The summed E-state index contributed by atoms with van der Waals surface area (Å²) in [6.07, 6.45) is 0.955. The molecule has 0 atom stereocenters. The number of aliphatic hydroxyl groups is 1. The topological polar surface area (TPSA) is 70.5 Å². The van der Waals surface area contributed by atoms with Crippen LogP contribution in [0.4, 0.5) is 5.69 Å². The first kappa shape index (κ1) is 19.6. The van der Waals surface area contributed by atoms with E-state index >= 15 is 0 Å². The maximum Gasteiger partial charge on any atom is 0.213 e. The van der Waals surface area contributed by atoms with Crippen molar-refractivity contribution in [2.45, 2.75) is 13.3 Å². The number of ether oxygens (including phenoxy) is 1. The lowest BCUT2D eigenvalue weighted by Crippen LogP contribution is -2.28. The summed E-state index contributed by atoms with van der Waals surface area (Å²) in [6.45, 7) is 5.64. The number of pyridine rings is 2. The Morgan fingerprint density at radius 1 is 1.15 bits per heavy atom. The molecule has 2 heterocycles. The summed E-state index contributed by atoms with van der Waals surface area (Å²) >= 11 is 6.16. The van der Waals surface area contributed by atoms with Crippen molar-refractivity contribution in [2.24, 2.45) is 0 Å². The van der Waals surface area contributed by atoms with Crippen LogP contribution in [0.1, 0.15) is 13.3 Å². The maximum atomic E-state index is 9.12. The van der Waals surface area contributed by atoms with Crippen LogP contribution in [0.3, 0.4) is 0 Å². The lowest BCUT2D eigenvalue weighted by Gasteiger charge is -2.19. The average molecular weight is 389 g/mol. The fraction of sp³-hybridized carbons (Fsp3) is 0.400. The van der Waals surface area contributed by atoms with E-state index in [-0.39, 0.29) is 6.61 Å². The molecule has 0 saturated carbocycles. The quantitative estimate of drug-likeness (QED) is 0.431. The zero-order valence-corrected chi connectivity index (χ0v) is 16.5. The highest BCUT2D eigenvalue weighted by molar-refractivity contribution is 6.31. The summed E-state index contributed by atoms with van der Waals surface area (Å²) in [5.41, 5.74) is 3.35. The molecule has 1 aromatic carbocycles. The predicted molar refractivity (Wildman–Crippen MR) is 111 cm³/mol. The van der Waals surface area contributed by atoms with Gasteiger partial charge < -0.3 is 20.1 Å². The Morgan fingerprint density at radius 3 is 2.74 bits per heavy atom. The third kappa shape index (κ3) is 4.58. The van der Waals surface area contributed by atoms with Crippen molar-refractivity contribution < 1.29 is 9.84 Å². The molecule has 0 bridgehead atoms. The lowest BCUT2D eigenvalue weighted by atomic mass is 10.1. The van der Waals surface area contributed by atoms with Gasteiger partial charge in [0.15, 0.2) is 0 Å². The smallest absolute Gasteiger partial charge is 0.213 e. The van der Waals surface area contributed by atoms with Crippen LogP contribution in [0.15, 0.2) is 30.3 Å². The molecular formula is C20H25ClN4O2. The number of likely N-dealkylation sites (N-methyl/N-ethyl adjacent to an activating group) is 1. The highest BCUT2D eigenvalue weighted by atomic mass is 35.5. The van der Waals surface area contributed by atoms with Crippen molar-refractivity contribution in [1.82, 2.24) is 14.9 Å². The van der Waals surface area contributed by atoms with Crippen LogP contribution in [-0.2, 0) is 0 Å². The summed E-state index contributed by atoms with van der Waals surface area (Å²) < 4.78 is 5.29. The second kappa shape index (κ2) is 9.17. The van der Waals surface area contributed by atoms with Gasteiger partial charge in [0, 0.05) is 29.6 Å².